The first-order valence-corrected chi connectivity index (χ1v) is 7.59. The van der Waals surface area contributed by atoms with E-state index in [2.05, 4.69) is 0 Å². The summed E-state index contributed by atoms with van der Waals surface area (Å²) in [6.07, 6.45) is 1.47. The Balaban J connectivity index is 2.21. The highest BCUT2D eigenvalue weighted by atomic mass is 35.5. The molecular formula is C18H12Cl2N2O2. The molecule has 0 bridgehead atoms. The SMILES string of the molecule is COc1cc(C=C(C#N)C#N)ccc1OCc1ccc(Cl)cc1Cl. The van der Waals surface area contributed by atoms with E-state index in [1.54, 1.807) is 36.4 Å². The van der Waals surface area contributed by atoms with Crippen molar-refractivity contribution in [2.75, 3.05) is 7.11 Å². The third-order valence-corrected chi connectivity index (χ3v) is 3.72. The number of methoxy groups -OCH3 is 1. The molecule has 0 spiro atoms. The molecular weight excluding hydrogens is 347 g/mol. The van der Waals surface area contributed by atoms with Gasteiger partial charge in [0.2, 0.25) is 0 Å². The number of ether oxygens (including phenoxy) is 2. The van der Waals surface area contributed by atoms with Crippen molar-refractivity contribution in [1.29, 1.82) is 10.5 Å². The average molecular weight is 359 g/mol. The molecule has 0 saturated heterocycles. The molecule has 0 atom stereocenters. The monoisotopic (exact) mass is 358 g/mol. The van der Waals surface area contributed by atoms with Crippen LogP contribution >= 0.6 is 23.2 Å². The maximum atomic E-state index is 8.81. The molecule has 0 heterocycles. The molecule has 2 aromatic rings. The third-order valence-electron chi connectivity index (χ3n) is 3.14. The summed E-state index contributed by atoms with van der Waals surface area (Å²) in [5.41, 5.74) is 1.48. The van der Waals surface area contributed by atoms with Gasteiger partial charge in [-0.2, -0.15) is 10.5 Å². The van der Waals surface area contributed by atoms with Gasteiger partial charge in [-0.25, -0.2) is 0 Å². The van der Waals surface area contributed by atoms with Crippen LogP contribution in [0.2, 0.25) is 10.0 Å². The summed E-state index contributed by atoms with van der Waals surface area (Å²) in [4.78, 5) is 0. The Labute approximate surface area is 150 Å². The van der Waals surface area contributed by atoms with E-state index < -0.39 is 0 Å². The summed E-state index contributed by atoms with van der Waals surface area (Å²) in [7, 11) is 1.51. The average Bonchev–Trinajstić information content (AvgIpc) is 2.59. The van der Waals surface area contributed by atoms with Crippen LogP contribution in [0.25, 0.3) is 6.08 Å². The number of nitriles is 2. The number of allylic oxidation sites excluding steroid dienone is 1. The van der Waals surface area contributed by atoms with E-state index >= 15 is 0 Å². The Morgan fingerprint density at radius 1 is 1.08 bits per heavy atom. The van der Waals surface area contributed by atoms with E-state index in [1.165, 1.54) is 13.2 Å². The van der Waals surface area contributed by atoms with Crippen molar-refractivity contribution in [3.63, 3.8) is 0 Å². The van der Waals surface area contributed by atoms with Gasteiger partial charge in [0.1, 0.15) is 24.3 Å². The minimum Gasteiger partial charge on any atom is -0.493 e. The third kappa shape index (κ3) is 4.43. The minimum atomic E-state index is 0.0127. The van der Waals surface area contributed by atoms with Crippen LogP contribution in [0.1, 0.15) is 11.1 Å². The van der Waals surface area contributed by atoms with Gasteiger partial charge in [-0.3, -0.25) is 0 Å². The van der Waals surface area contributed by atoms with E-state index in [9.17, 15) is 0 Å². The smallest absolute Gasteiger partial charge is 0.161 e. The molecule has 0 amide bonds. The van der Waals surface area contributed by atoms with Gasteiger partial charge in [0, 0.05) is 15.6 Å². The van der Waals surface area contributed by atoms with Crippen LogP contribution in [0.5, 0.6) is 11.5 Å². The first-order chi connectivity index (χ1) is 11.6. The maximum Gasteiger partial charge on any atom is 0.161 e. The minimum absolute atomic E-state index is 0.0127. The lowest BCUT2D eigenvalue weighted by Gasteiger charge is -2.12. The van der Waals surface area contributed by atoms with Crippen molar-refractivity contribution in [3.8, 4) is 23.6 Å². The first kappa shape index (κ1) is 17.7. The standard InChI is InChI=1S/C18H12Cl2N2O2/c1-23-18-7-12(6-13(9-21)10-22)2-5-17(18)24-11-14-3-4-15(19)8-16(14)20/h2-8H,11H2,1H3. The molecule has 0 saturated carbocycles. The summed E-state index contributed by atoms with van der Waals surface area (Å²) in [5, 5.41) is 18.7. The molecule has 2 rings (SSSR count). The second kappa shape index (κ2) is 8.26. The molecule has 120 valence electrons. The summed E-state index contributed by atoms with van der Waals surface area (Å²) in [6.45, 7) is 0.253. The van der Waals surface area contributed by atoms with Crippen LogP contribution in [0.4, 0.5) is 0 Å². The lowest BCUT2D eigenvalue weighted by molar-refractivity contribution is 0.284. The predicted octanol–water partition coefficient (Wildman–Crippen LogP) is 5.01. The van der Waals surface area contributed by atoms with Crippen LogP contribution in [0.3, 0.4) is 0 Å². The Morgan fingerprint density at radius 2 is 1.83 bits per heavy atom. The van der Waals surface area contributed by atoms with Crippen LogP contribution in [-0.2, 0) is 6.61 Å². The highest BCUT2D eigenvalue weighted by molar-refractivity contribution is 6.35. The van der Waals surface area contributed by atoms with Gasteiger partial charge in [-0.1, -0.05) is 35.3 Å². The molecule has 24 heavy (non-hydrogen) atoms. The van der Waals surface area contributed by atoms with E-state index in [0.717, 1.165) is 5.56 Å². The highest BCUT2D eigenvalue weighted by Crippen LogP contribution is 2.30. The number of nitrogens with zero attached hydrogens (tertiary/aromatic N) is 2. The van der Waals surface area contributed by atoms with Gasteiger partial charge in [-0.05, 0) is 35.9 Å². The second-order valence-corrected chi connectivity index (χ2v) is 5.56. The molecule has 0 aliphatic carbocycles. The fourth-order valence-corrected chi connectivity index (χ4v) is 2.41. The molecule has 2 aromatic carbocycles. The first-order valence-electron chi connectivity index (χ1n) is 6.84. The molecule has 4 nitrogen and oxygen atoms in total. The number of hydrogen-bond acceptors (Lipinski definition) is 4. The number of benzene rings is 2. The second-order valence-electron chi connectivity index (χ2n) is 4.72. The lowest BCUT2D eigenvalue weighted by Crippen LogP contribution is -1.98. The summed E-state index contributed by atoms with van der Waals surface area (Å²) >= 11 is 12.0. The molecule has 0 aliphatic rings. The zero-order valence-electron chi connectivity index (χ0n) is 12.7. The normalized spacial score (nSPS) is 9.54. The Bertz CT molecular complexity index is 848. The zero-order valence-corrected chi connectivity index (χ0v) is 14.2. The van der Waals surface area contributed by atoms with Crippen LogP contribution in [0.15, 0.2) is 42.0 Å². The van der Waals surface area contributed by atoms with E-state index in [1.807, 2.05) is 12.1 Å². The molecule has 0 N–H and O–H groups in total. The molecule has 0 unspecified atom stereocenters. The van der Waals surface area contributed by atoms with Crippen LogP contribution in [-0.4, -0.2) is 7.11 Å². The van der Waals surface area contributed by atoms with Crippen molar-refractivity contribution >= 4 is 29.3 Å². The summed E-state index contributed by atoms with van der Waals surface area (Å²) < 4.78 is 11.0. The van der Waals surface area contributed by atoms with Crippen molar-refractivity contribution in [3.05, 3.63) is 63.1 Å². The zero-order chi connectivity index (χ0) is 17.5. The molecule has 0 aromatic heterocycles. The quantitative estimate of drug-likeness (QED) is 0.704. The van der Waals surface area contributed by atoms with Crippen molar-refractivity contribution in [1.82, 2.24) is 0 Å². The van der Waals surface area contributed by atoms with Crippen LogP contribution < -0.4 is 9.47 Å². The van der Waals surface area contributed by atoms with E-state index in [-0.39, 0.29) is 12.2 Å². The summed E-state index contributed by atoms with van der Waals surface area (Å²) in [6, 6.07) is 13.9. The fourth-order valence-electron chi connectivity index (χ4n) is 1.94. The Morgan fingerprint density at radius 3 is 2.46 bits per heavy atom. The van der Waals surface area contributed by atoms with Gasteiger partial charge in [0.05, 0.1) is 7.11 Å². The topological polar surface area (TPSA) is 66.0 Å². The largest absolute Gasteiger partial charge is 0.493 e. The predicted molar refractivity (Wildman–Crippen MR) is 93.0 cm³/mol. The van der Waals surface area contributed by atoms with Gasteiger partial charge in [0.15, 0.2) is 11.5 Å². The molecule has 0 fully saturated rings. The number of rotatable bonds is 5. The summed E-state index contributed by atoms with van der Waals surface area (Å²) in [5.74, 6) is 1.01. The Kier molecular flexibility index (Phi) is 6.09. The van der Waals surface area contributed by atoms with Crippen molar-refractivity contribution in [2.45, 2.75) is 6.61 Å². The molecule has 0 aliphatic heterocycles. The number of halogens is 2. The van der Waals surface area contributed by atoms with Crippen molar-refractivity contribution in [2.24, 2.45) is 0 Å². The van der Waals surface area contributed by atoms with E-state index in [0.29, 0.717) is 27.1 Å². The van der Waals surface area contributed by atoms with Gasteiger partial charge in [-0.15, -0.1) is 0 Å². The highest BCUT2D eigenvalue weighted by Gasteiger charge is 2.08. The molecule has 6 heteroatoms. The van der Waals surface area contributed by atoms with Gasteiger partial charge in [0.25, 0.3) is 0 Å². The van der Waals surface area contributed by atoms with Crippen LogP contribution in [0, 0.1) is 22.7 Å². The van der Waals surface area contributed by atoms with Gasteiger partial charge < -0.3 is 9.47 Å². The lowest BCUT2D eigenvalue weighted by atomic mass is 10.1. The Hall–Kier alpha value is -2.66. The van der Waals surface area contributed by atoms with Crippen molar-refractivity contribution < 1.29 is 9.47 Å². The van der Waals surface area contributed by atoms with E-state index in [4.69, 9.17) is 43.2 Å². The number of hydrogen-bond donors (Lipinski definition) is 0. The van der Waals surface area contributed by atoms with Gasteiger partial charge >= 0.3 is 0 Å². The fraction of sp³-hybridized carbons (Fsp3) is 0.111. The maximum absolute atomic E-state index is 8.81. The molecule has 0 radical (unpaired) electrons.